The molecule has 0 bridgehead atoms. The van der Waals surface area contributed by atoms with E-state index >= 15 is 0 Å². The number of nitrogens with two attached hydrogens (primary N) is 1. The van der Waals surface area contributed by atoms with Gasteiger partial charge < -0.3 is 11.1 Å². The summed E-state index contributed by atoms with van der Waals surface area (Å²) in [5.41, 5.74) is 11.7. The van der Waals surface area contributed by atoms with Crippen molar-refractivity contribution in [1.29, 1.82) is 0 Å². The molecule has 0 unspecified atom stereocenters. The second kappa shape index (κ2) is 9.91. The number of fused-ring (bicyclic) bond motifs is 1. The predicted molar refractivity (Wildman–Crippen MR) is 134 cm³/mol. The van der Waals surface area contributed by atoms with Crippen molar-refractivity contribution in [3.05, 3.63) is 86.8 Å². The van der Waals surface area contributed by atoms with Gasteiger partial charge in [0.25, 0.3) is 5.91 Å². The van der Waals surface area contributed by atoms with Crippen molar-refractivity contribution in [3.63, 3.8) is 0 Å². The molecule has 6 nitrogen and oxygen atoms in total. The Kier molecular flexibility index (Phi) is 6.98. The molecule has 3 aromatic rings. The highest BCUT2D eigenvalue weighted by Gasteiger charge is 2.20. The van der Waals surface area contributed by atoms with E-state index in [2.05, 4.69) is 15.3 Å². The molecule has 0 spiro atoms. The van der Waals surface area contributed by atoms with Crippen LogP contribution in [0.5, 0.6) is 0 Å². The van der Waals surface area contributed by atoms with E-state index in [1.807, 2.05) is 56.4 Å². The van der Waals surface area contributed by atoms with Gasteiger partial charge in [-0.15, -0.1) is 0 Å². The minimum atomic E-state index is -0.270. The van der Waals surface area contributed by atoms with Crippen molar-refractivity contribution < 1.29 is 4.79 Å². The van der Waals surface area contributed by atoms with Gasteiger partial charge in [0.1, 0.15) is 5.69 Å². The smallest absolute Gasteiger partial charge is 0.271 e. The lowest BCUT2D eigenvalue weighted by atomic mass is 10.0. The molecule has 4 rings (SSSR count). The molecule has 170 valence electrons. The number of hydrogen-bond donors (Lipinski definition) is 2. The maximum Gasteiger partial charge on any atom is 0.271 e. The third-order valence-corrected chi connectivity index (χ3v) is 6.11. The van der Waals surface area contributed by atoms with Crippen LogP contribution in [0, 0.1) is 13.8 Å². The Morgan fingerprint density at radius 1 is 1.24 bits per heavy atom. The zero-order valence-electron chi connectivity index (χ0n) is 18.5. The first-order chi connectivity index (χ1) is 15.9. The van der Waals surface area contributed by atoms with E-state index < -0.39 is 0 Å². The van der Waals surface area contributed by atoms with E-state index in [0.717, 1.165) is 40.1 Å². The van der Waals surface area contributed by atoms with Crippen LogP contribution >= 0.6 is 23.2 Å². The molecule has 0 aliphatic heterocycles. The van der Waals surface area contributed by atoms with Crippen LogP contribution in [0.2, 0.25) is 5.02 Å². The molecule has 3 N–H and O–H groups in total. The lowest BCUT2D eigenvalue weighted by molar-refractivity contribution is 0.0950. The average Bonchev–Trinajstić information content (AvgIpc) is 3.08. The molecule has 2 heterocycles. The molecule has 8 heteroatoms. The summed E-state index contributed by atoms with van der Waals surface area (Å²) < 4.78 is 1.79. The second-order valence-corrected chi connectivity index (χ2v) is 8.80. The molecule has 33 heavy (non-hydrogen) atoms. The molecule has 1 amide bonds. The van der Waals surface area contributed by atoms with Crippen LogP contribution in [-0.4, -0.2) is 26.8 Å². The summed E-state index contributed by atoms with van der Waals surface area (Å²) in [6.45, 7) is 4.62. The summed E-state index contributed by atoms with van der Waals surface area (Å²) in [7, 11) is 0. The number of benzene rings is 1. The zero-order valence-corrected chi connectivity index (χ0v) is 20.0. The summed E-state index contributed by atoms with van der Waals surface area (Å²) >= 11 is 12.7. The van der Waals surface area contributed by atoms with Crippen LogP contribution in [0.4, 0.5) is 0 Å². The Labute approximate surface area is 202 Å². The Bertz CT molecular complexity index is 1320. The lowest BCUT2D eigenvalue weighted by Crippen LogP contribution is -2.25. The topological polar surface area (TPSA) is 85.3 Å². The Hall–Kier alpha value is -2.93. The number of halogens is 2. The van der Waals surface area contributed by atoms with E-state index in [1.165, 1.54) is 0 Å². The van der Waals surface area contributed by atoms with Crippen LogP contribution in [0.1, 0.15) is 40.2 Å². The minimum Gasteiger partial charge on any atom is -0.350 e. The maximum absolute atomic E-state index is 12.8. The number of rotatable bonds is 6. The van der Waals surface area contributed by atoms with Crippen molar-refractivity contribution in [3.8, 4) is 11.3 Å². The third-order valence-electron chi connectivity index (χ3n) is 5.54. The molecule has 1 aromatic carbocycles. The summed E-state index contributed by atoms with van der Waals surface area (Å²) in [5.74, 6) is 0.154. The lowest BCUT2D eigenvalue weighted by Gasteiger charge is -2.15. The van der Waals surface area contributed by atoms with Gasteiger partial charge in [0.05, 0.1) is 10.7 Å². The third kappa shape index (κ3) is 5.03. The van der Waals surface area contributed by atoms with E-state index in [9.17, 15) is 4.79 Å². The highest BCUT2D eigenvalue weighted by atomic mass is 35.5. The van der Waals surface area contributed by atoms with Gasteiger partial charge in [0.15, 0.2) is 0 Å². The highest BCUT2D eigenvalue weighted by molar-refractivity contribution is 6.33. The number of allylic oxidation sites excluding steroid dienone is 5. The van der Waals surface area contributed by atoms with Gasteiger partial charge in [-0.2, -0.15) is 0 Å². The number of aryl methyl sites for hydroxylation is 2. The minimum absolute atomic E-state index is 0.270. The highest BCUT2D eigenvalue weighted by Crippen LogP contribution is 2.33. The van der Waals surface area contributed by atoms with E-state index in [1.54, 1.807) is 10.6 Å². The van der Waals surface area contributed by atoms with E-state index in [4.69, 9.17) is 28.9 Å². The largest absolute Gasteiger partial charge is 0.350 e. The number of amides is 1. The average molecular weight is 482 g/mol. The Morgan fingerprint density at radius 3 is 2.82 bits per heavy atom. The van der Waals surface area contributed by atoms with E-state index in [0.29, 0.717) is 28.8 Å². The fourth-order valence-corrected chi connectivity index (χ4v) is 4.41. The fraction of sp³-hybridized carbons (Fsp3) is 0.240. The van der Waals surface area contributed by atoms with Crippen LogP contribution in [-0.2, 0) is 6.54 Å². The number of carbonyl (C=O) groups is 1. The molecule has 0 saturated heterocycles. The van der Waals surface area contributed by atoms with Crippen molar-refractivity contribution in [2.75, 3.05) is 6.54 Å². The zero-order chi connectivity index (χ0) is 23.5. The molecule has 0 atom stereocenters. The maximum atomic E-state index is 12.8. The number of nitrogens with one attached hydrogen (secondary N) is 1. The molecule has 1 aliphatic carbocycles. The first-order valence-electron chi connectivity index (χ1n) is 10.7. The van der Waals surface area contributed by atoms with Crippen molar-refractivity contribution >= 4 is 34.9 Å². The standard InChI is InChI=1S/C25H25Cl2N5O/c1-15-7-8-19(21(27)11-15)23-20(13-28)16(2)30-25-31-22(14-32(23)25)24(33)29-10-9-17-5-3-4-6-18(26)12-17/h3,5-8,11-12,14H,4,9-10,13,28H2,1-2H3,(H,29,33). The molecule has 1 aliphatic rings. The van der Waals surface area contributed by atoms with Crippen molar-refractivity contribution in [1.82, 2.24) is 19.7 Å². The Morgan fingerprint density at radius 2 is 2.06 bits per heavy atom. The van der Waals surface area contributed by atoms with Crippen LogP contribution in [0.25, 0.3) is 17.0 Å². The van der Waals surface area contributed by atoms with Gasteiger partial charge in [-0.3, -0.25) is 9.20 Å². The van der Waals surface area contributed by atoms with Crippen molar-refractivity contribution in [2.45, 2.75) is 33.2 Å². The van der Waals surface area contributed by atoms with Gasteiger partial charge in [-0.25, -0.2) is 9.97 Å². The molecular formula is C25H25Cl2N5O. The summed E-state index contributed by atoms with van der Waals surface area (Å²) in [6.07, 6.45) is 11.1. The second-order valence-electron chi connectivity index (χ2n) is 7.96. The molecule has 0 radical (unpaired) electrons. The SMILES string of the molecule is Cc1ccc(-c2c(CN)c(C)nc3nc(C(=O)NCCC4=CC(Cl)=CCC=C4)cn23)c(Cl)c1. The molecule has 0 fully saturated rings. The van der Waals surface area contributed by atoms with Gasteiger partial charge in [-0.05, 0) is 50.0 Å². The molecular weight excluding hydrogens is 457 g/mol. The number of aromatic nitrogens is 3. The first-order valence-corrected chi connectivity index (χ1v) is 11.5. The summed E-state index contributed by atoms with van der Waals surface area (Å²) in [5, 5.41) is 4.25. The first kappa shape index (κ1) is 23.2. The van der Waals surface area contributed by atoms with Gasteiger partial charge in [-0.1, -0.05) is 53.6 Å². The summed E-state index contributed by atoms with van der Waals surface area (Å²) in [6, 6.07) is 5.85. The molecule has 2 aromatic heterocycles. The number of nitrogens with zero attached hydrogens (tertiary/aromatic N) is 3. The van der Waals surface area contributed by atoms with Crippen molar-refractivity contribution in [2.24, 2.45) is 5.73 Å². The van der Waals surface area contributed by atoms with E-state index in [-0.39, 0.29) is 18.1 Å². The van der Waals surface area contributed by atoms with Crippen LogP contribution in [0.15, 0.2) is 59.3 Å². The number of hydrogen-bond acceptors (Lipinski definition) is 4. The van der Waals surface area contributed by atoms with Gasteiger partial charge in [0, 0.05) is 41.1 Å². The van der Waals surface area contributed by atoms with Gasteiger partial charge in [0.2, 0.25) is 5.78 Å². The summed E-state index contributed by atoms with van der Waals surface area (Å²) in [4.78, 5) is 21.9. The molecule has 0 saturated carbocycles. The normalized spacial score (nSPS) is 13.6. The fourth-order valence-electron chi connectivity index (χ4n) is 3.86. The van der Waals surface area contributed by atoms with Crippen LogP contribution < -0.4 is 11.1 Å². The quantitative estimate of drug-likeness (QED) is 0.502. The van der Waals surface area contributed by atoms with Gasteiger partial charge >= 0.3 is 0 Å². The number of carbonyl (C=O) groups excluding carboxylic acids is 1. The number of imidazole rings is 1. The predicted octanol–water partition coefficient (Wildman–Crippen LogP) is 5.25. The van der Waals surface area contributed by atoms with Crippen LogP contribution in [0.3, 0.4) is 0 Å². The Balaban J connectivity index is 1.63. The monoisotopic (exact) mass is 481 g/mol.